The standard InChI is InChI=1S/C24H25N5O3/c30-22(27-20-5-2-1-3-6-20)18-8-10-19(11-9-18)23(32-21-7-4-12-26-17-21)28-24(31)29-15-13-25-14-16-29/h1-12,17,23,25H,13-16H2,(H,27,30)(H,28,31). The van der Waals surface area contributed by atoms with Crippen LogP contribution in [-0.2, 0) is 0 Å². The van der Waals surface area contributed by atoms with Crippen LogP contribution in [0, 0.1) is 0 Å². The molecular weight excluding hydrogens is 406 g/mol. The summed E-state index contributed by atoms with van der Waals surface area (Å²) in [5.74, 6) is 0.321. The summed E-state index contributed by atoms with van der Waals surface area (Å²) in [6.45, 7) is 2.77. The highest BCUT2D eigenvalue weighted by Crippen LogP contribution is 2.21. The zero-order chi connectivity index (χ0) is 22.2. The number of carbonyl (C=O) groups is 2. The third-order valence-electron chi connectivity index (χ3n) is 5.05. The molecule has 1 aliphatic rings. The van der Waals surface area contributed by atoms with E-state index in [0.29, 0.717) is 30.0 Å². The molecule has 1 atom stereocenters. The van der Waals surface area contributed by atoms with Crippen molar-refractivity contribution in [1.82, 2.24) is 20.5 Å². The molecule has 8 heteroatoms. The molecule has 3 aromatic rings. The van der Waals surface area contributed by atoms with Crippen LogP contribution >= 0.6 is 0 Å². The second-order valence-corrected chi connectivity index (χ2v) is 7.32. The number of aromatic nitrogens is 1. The molecule has 164 valence electrons. The molecule has 1 fully saturated rings. The highest BCUT2D eigenvalue weighted by Gasteiger charge is 2.22. The molecule has 0 spiro atoms. The van der Waals surface area contributed by atoms with Gasteiger partial charge in [-0.2, -0.15) is 0 Å². The number of hydrogen-bond acceptors (Lipinski definition) is 5. The minimum Gasteiger partial charge on any atom is -0.465 e. The van der Waals surface area contributed by atoms with Crippen LogP contribution in [0.15, 0.2) is 79.1 Å². The number of carbonyl (C=O) groups excluding carboxylic acids is 2. The van der Waals surface area contributed by atoms with Gasteiger partial charge >= 0.3 is 6.03 Å². The predicted molar refractivity (Wildman–Crippen MR) is 121 cm³/mol. The van der Waals surface area contributed by atoms with Gasteiger partial charge in [0.25, 0.3) is 5.91 Å². The van der Waals surface area contributed by atoms with E-state index >= 15 is 0 Å². The van der Waals surface area contributed by atoms with E-state index in [4.69, 9.17) is 4.74 Å². The maximum absolute atomic E-state index is 12.8. The van der Waals surface area contributed by atoms with Crippen LogP contribution in [-0.4, -0.2) is 48.0 Å². The molecule has 0 bridgehead atoms. The van der Waals surface area contributed by atoms with Crippen molar-refractivity contribution in [3.8, 4) is 5.75 Å². The summed E-state index contributed by atoms with van der Waals surface area (Å²) < 4.78 is 6.02. The molecule has 2 heterocycles. The fourth-order valence-electron chi connectivity index (χ4n) is 3.34. The smallest absolute Gasteiger partial charge is 0.320 e. The molecule has 32 heavy (non-hydrogen) atoms. The molecule has 4 rings (SSSR count). The molecule has 3 N–H and O–H groups in total. The third kappa shape index (κ3) is 5.61. The minimum atomic E-state index is -0.729. The number of rotatable bonds is 6. The fourth-order valence-corrected chi connectivity index (χ4v) is 3.34. The van der Waals surface area contributed by atoms with Crippen molar-refractivity contribution in [2.45, 2.75) is 6.23 Å². The quantitative estimate of drug-likeness (QED) is 0.522. The maximum atomic E-state index is 12.8. The van der Waals surface area contributed by atoms with Crippen molar-refractivity contribution >= 4 is 17.6 Å². The van der Waals surface area contributed by atoms with Crippen LogP contribution in [0.5, 0.6) is 5.75 Å². The topological polar surface area (TPSA) is 95.6 Å². The lowest BCUT2D eigenvalue weighted by Gasteiger charge is -2.30. The zero-order valence-electron chi connectivity index (χ0n) is 17.5. The second kappa shape index (κ2) is 10.4. The van der Waals surface area contributed by atoms with Gasteiger partial charge in [0.05, 0.1) is 6.20 Å². The van der Waals surface area contributed by atoms with E-state index in [-0.39, 0.29) is 11.9 Å². The van der Waals surface area contributed by atoms with E-state index < -0.39 is 6.23 Å². The monoisotopic (exact) mass is 431 g/mol. The number of para-hydroxylation sites is 1. The van der Waals surface area contributed by atoms with Gasteiger partial charge in [0.15, 0.2) is 6.23 Å². The normalized spacial score (nSPS) is 14.3. The summed E-state index contributed by atoms with van der Waals surface area (Å²) in [5, 5.41) is 9.04. The van der Waals surface area contributed by atoms with Gasteiger partial charge in [0.1, 0.15) is 5.75 Å². The van der Waals surface area contributed by atoms with Gasteiger partial charge in [-0.15, -0.1) is 0 Å². The van der Waals surface area contributed by atoms with Crippen LogP contribution in [0.2, 0.25) is 0 Å². The first kappa shape index (κ1) is 21.3. The highest BCUT2D eigenvalue weighted by molar-refractivity contribution is 6.04. The van der Waals surface area contributed by atoms with Gasteiger partial charge in [-0.25, -0.2) is 4.79 Å². The number of anilines is 1. The minimum absolute atomic E-state index is 0.203. The van der Waals surface area contributed by atoms with Gasteiger partial charge < -0.3 is 20.3 Å². The number of hydrogen-bond donors (Lipinski definition) is 3. The maximum Gasteiger partial charge on any atom is 0.320 e. The average molecular weight is 431 g/mol. The summed E-state index contributed by atoms with van der Waals surface area (Å²) in [7, 11) is 0. The van der Waals surface area contributed by atoms with Gasteiger partial charge in [-0.3, -0.25) is 15.1 Å². The molecule has 1 unspecified atom stereocenters. The van der Waals surface area contributed by atoms with Crippen molar-refractivity contribution < 1.29 is 14.3 Å². The van der Waals surface area contributed by atoms with Gasteiger partial charge in [-0.05, 0) is 36.4 Å². The molecule has 2 aromatic carbocycles. The van der Waals surface area contributed by atoms with Crippen LogP contribution in [0.25, 0.3) is 0 Å². The number of benzene rings is 2. The summed E-state index contributed by atoms with van der Waals surface area (Å²) in [6, 6.07) is 19.6. The van der Waals surface area contributed by atoms with E-state index in [9.17, 15) is 9.59 Å². The molecule has 1 aliphatic heterocycles. The number of amides is 3. The van der Waals surface area contributed by atoms with E-state index in [1.54, 1.807) is 53.7 Å². The highest BCUT2D eigenvalue weighted by atomic mass is 16.5. The Hall–Kier alpha value is -3.91. The van der Waals surface area contributed by atoms with Gasteiger partial charge in [0, 0.05) is 49.2 Å². The van der Waals surface area contributed by atoms with E-state index in [0.717, 1.165) is 18.8 Å². The lowest BCUT2D eigenvalue weighted by molar-refractivity contribution is 0.102. The SMILES string of the molecule is O=C(Nc1ccccc1)c1ccc(C(NC(=O)N2CCNCC2)Oc2cccnc2)cc1. The summed E-state index contributed by atoms with van der Waals surface area (Å²) >= 11 is 0. The number of nitrogens with zero attached hydrogens (tertiary/aromatic N) is 2. The first-order valence-corrected chi connectivity index (χ1v) is 10.5. The molecular formula is C24H25N5O3. The zero-order valence-corrected chi connectivity index (χ0v) is 17.5. The molecule has 0 radical (unpaired) electrons. The predicted octanol–water partition coefficient (Wildman–Crippen LogP) is 3.03. The number of piperazine rings is 1. The summed E-state index contributed by atoms with van der Waals surface area (Å²) in [4.78, 5) is 31.1. The number of ether oxygens (including phenoxy) is 1. The van der Waals surface area contributed by atoms with Crippen LogP contribution in [0.3, 0.4) is 0 Å². The van der Waals surface area contributed by atoms with Crippen molar-refractivity contribution in [2.75, 3.05) is 31.5 Å². The van der Waals surface area contributed by atoms with E-state index in [1.807, 2.05) is 30.3 Å². The molecule has 8 nitrogen and oxygen atoms in total. The first-order chi connectivity index (χ1) is 15.7. The summed E-state index contributed by atoms with van der Waals surface area (Å²) in [5.41, 5.74) is 1.95. The van der Waals surface area contributed by atoms with Crippen LogP contribution in [0.4, 0.5) is 10.5 Å². The molecule has 0 saturated carbocycles. The Morgan fingerprint density at radius 2 is 1.72 bits per heavy atom. The van der Waals surface area contributed by atoms with Crippen molar-refractivity contribution in [1.29, 1.82) is 0 Å². The third-order valence-corrected chi connectivity index (χ3v) is 5.05. The van der Waals surface area contributed by atoms with E-state index in [1.165, 1.54) is 0 Å². The second-order valence-electron chi connectivity index (χ2n) is 7.32. The molecule has 0 aliphatic carbocycles. The molecule has 1 saturated heterocycles. The van der Waals surface area contributed by atoms with Crippen molar-refractivity contribution in [2.24, 2.45) is 0 Å². The fraction of sp³-hybridized carbons (Fsp3) is 0.208. The van der Waals surface area contributed by atoms with Crippen molar-refractivity contribution in [3.63, 3.8) is 0 Å². The Bertz CT molecular complexity index is 1020. The summed E-state index contributed by atoms with van der Waals surface area (Å²) in [6.07, 6.45) is 2.51. The first-order valence-electron chi connectivity index (χ1n) is 10.5. The number of nitrogens with one attached hydrogen (secondary N) is 3. The van der Waals surface area contributed by atoms with Crippen molar-refractivity contribution in [3.05, 3.63) is 90.3 Å². The Kier molecular flexibility index (Phi) is 6.94. The van der Waals surface area contributed by atoms with Gasteiger partial charge in [-0.1, -0.05) is 30.3 Å². The number of pyridine rings is 1. The number of urea groups is 1. The lowest BCUT2D eigenvalue weighted by atomic mass is 10.1. The Labute approximate surface area is 186 Å². The molecule has 3 amide bonds. The molecule has 1 aromatic heterocycles. The average Bonchev–Trinajstić information content (AvgIpc) is 2.85. The Balaban J connectivity index is 1.49. The Morgan fingerprint density at radius 3 is 2.41 bits per heavy atom. The Morgan fingerprint density at radius 1 is 0.969 bits per heavy atom. The van der Waals surface area contributed by atoms with Crippen LogP contribution < -0.4 is 20.7 Å². The largest absolute Gasteiger partial charge is 0.465 e. The lowest BCUT2D eigenvalue weighted by Crippen LogP contribution is -2.51. The van der Waals surface area contributed by atoms with Crippen LogP contribution in [0.1, 0.15) is 22.1 Å². The van der Waals surface area contributed by atoms with E-state index in [2.05, 4.69) is 20.9 Å². The van der Waals surface area contributed by atoms with Gasteiger partial charge in [0.2, 0.25) is 0 Å².